The van der Waals surface area contributed by atoms with E-state index < -0.39 is 0 Å². The van der Waals surface area contributed by atoms with Gasteiger partial charge in [0, 0.05) is 36.6 Å². The highest BCUT2D eigenvalue weighted by Crippen LogP contribution is 2.11. The van der Waals surface area contributed by atoms with Crippen LogP contribution in [0.4, 0.5) is 5.69 Å². The van der Waals surface area contributed by atoms with Crippen molar-refractivity contribution in [3.63, 3.8) is 0 Å². The maximum absolute atomic E-state index is 4.50. The number of pyridine rings is 1. The Morgan fingerprint density at radius 2 is 1.68 bits per heavy atom. The summed E-state index contributed by atoms with van der Waals surface area (Å²) < 4.78 is 2.36. The van der Waals surface area contributed by atoms with Gasteiger partial charge in [-0.15, -0.1) is 0 Å². The van der Waals surface area contributed by atoms with Crippen LogP contribution < -0.4 is 34.0 Å². The van der Waals surface area contributed by atoms with Crippen LogP contribution in [0.5, 0.6) is 0 Å². The lowest BCUT2D eigenvalue weighted by molar-refractivity contribution is -0.676. The summed E-state index contributed by atoms with van der Waals surface area (Å²) in [5.41, 5.74) is 9.05. The average Bonchev–Trinajstić information content (AvgIpc) is 2.60. The van der Waals surface area contributed by atoms with Crippen LogP contribution in [-0.4, -0.2) is 5.71 Å². The van der Waals surface area contributed by atoms with Gasteiger partial charge in [0.1, 0.15) is 0 Å². The lowest BCUT2D eigenvalue weighted by Gasteiger charge is -2.06. The summed E-state index contributed by atoms with van der Waals surface area (Å²) in [7, 11) is 0. The summed E-state index contributed by atoms with van der Waals surface area (Å²) in [6, 6.07) is 21.2. The van der Waals surface area contributed by atoms with Crippen molar-refractivity contribution in [3.05, 3.63) is 71.9 Å². The third kappa shape index (κ3) is 5.01. The Hall–Kier alpha value is -1.95. The molecule has 0 aliphatic rings. The molecule has 0 aliphatic carbocycles. The van der Waals surface area contributed by atoms with Crippen LogP contribution in [0, 0.1) is 13.8 Å². The van der Waals surface area contributed by atoms with Gasteiger partial charge in [-0.3, -0.25) is 5.43 Å². The number of hydrazone groups is 1. The molecule has 0 fully saturated rings. The zero-order valence-electron chi connectivity index (χ0n) is 15.0. The van der Waals surface area contributed by atoms with E-state index in [1.807, 2.05) is 0 Å². The molecule has 0 amide bonds. The Bertz CT molecular complexity index is 870. The van der Waals surface area contributed by atoms with Crippen LogP contribution in [0.25, 0.3) is 10.9 Å². The second kappa shape index (κ2) is 8.94. The molecule has 3 nitrogen and oxygen atoms in total. The molecule has 1 aromatic heterocycles. The minimum absolute atomic E-state index is 0. The van der Waals surface area contributed by atoms with Crippen molar-refractivity contribution in [1.29, 1.82) is 0 Å². The van der Waals surface area contributed by atoms with Gasteiger partial charge in [0.05, 0.1) is 5.69 Å². The highest BCUT2D eigenvalue weighted by molar-refractivity contribution is 5.82. The molecule has 2 aromatic carbocycles. The molecule has 3 aromatic rings. The molecule has 3 rings (SSSR count). The van der Waals surface area contributed by atoms with Crippen molar-refractivity contribution in [2.45, 2.75) is 33.7 Å². The summed E-state index contributed by atoms with van der Waals surface area (Å²) in [4.78, 5) is 0. The standard InChI is InChI=1S/C21H24N3.HI/c1-16-8-12-20(13-9-16)23-22-17(2)14-15-24-18(3)10-11-19-6-4-5-7-21(19)24;/h4-13,23H,14-15H2,1-3H3;1H/q+1;/p-1. The van der Waals surface area contributed by atoms with Gasteiger partial charge in [0.25, 0.3) is 0 Å². The first-order chi connectivity index (χ1) is 11.6. The summed E-state index contributed by atoms with van der Waals surface area (Å²) in [6.45, 7) is 7.24. The van der Waals surface area contributed by atoms with Gasteiger partial charge in [-0.25, -0.2) is 0 Å². The topological polar surface area (TPSA) is 28.3 Å². The van der Waals surface area contributed by atoms with E-state index >= 15 is 0 Å². The molecule has 25 heavy (non-hydrogen) atoms. The van der Waals surface area contributed by atoms with Crippen LogP contribution in [0.1, 0.15) is 24.6 Å². The van der Waals surface area contributed by atoms with E-state index in [-0.39, 0.29) is 24.0 Å². The van der Waals surface area contributed by atoms with Gasteiger partial charge in [-0.2, -0.15) is 9.67 Å². The van der Waals surface area contributed by atoms with Crippen molar-refractivity contribution >= 4 is 22.3 Å². The van der Waals surface area contributed by atoms with E-state index in [0.29, 0.717) is 0 Å². The van der Waals surface area contributed by atoms with Crippen LogP contribution in [0.15, 0.2) is 65.8 Å². The maximum atomic E-state index is 4.50. The first-order valence-corrected chi connectivity index (χ1v) is 8.37. The molecule has 0 atom stereocenters. The molecule has 130 valence electrons. The lowest BCUT2D eigenvalue weighted by atomic mass is 10.2. The van der Waals surface area contributed by atoms with Gasteiger partial charge in [-0.05, 0) is 38.1 Å². The molecule has 1 heterocycles. The fourth-order valence-electron chi connectivity index (χ4n) is 2.78. The van der Waals surface area contributed by atoms with Crippen LogP contribution >= 0.6 is 0 Å². The number of para-hydroxylation sites is 1. The number of rotatable bonds is 5. The second-order valence-corrected chi connectivity index (χ2v) is 6.26. The summed E-state index contributed by atoms with van der Waals surface area (Å²) in [5.74, 6) is 0. The van der Waals surface area contributed by atoms with Gasteiger partial charge in [-0.1, -0.05) is 29.8 Å². The fraction of sp³-hybridized carbons (Fsp3) is 0.238. The molecule has 1 N–H and O–H groups in total. The lowest BCUT2D eigenvalue weighted by Crippen LogP contribution is -3.00. The Morgan fingerprint density at radius 3 is 2.44 bits per heavy atom. The van der Waals surface area contributed by atoms with Gasteiger partial charge in [0.15, 0.2) is 12.2 Å². The highest BCUT2D eigenvalue weighted by Gasteiger charge is 2.12. The van der Waals surface area contributed by atoms with Crippen molar-refractivity contribution < 1.29 is 28.5 Å². The molecular weight excluding hydrogens is 421 g/mol. The van der Waals surface area contributed by atoms with E-state index in [1.54, 1.807) is 0 Å². The second-order valence-electron chi connectivity index (χ2n) is 6.26. The molecule has 0 bridgehead atoms. The molecule has 0 radical (unpaired) electrons. The first kappa shape index (κ1) is 19.4. The third-order valence-corrected chi connectivity index (χ3v) is 4.28. The van der Waals surface area contributed by atoms with E-state index in [4.69, 9.17) is 0 Å². The van der Waals surface area contributed by atoms with Crippen molar-refractivity contribution in [1.82, 2.24) is 0 Å². The molecule has 0 unspecified atom stereocenters. The monoisotopic (exact) mass is 445 g/mol. The first-order valence-electron chi connectivity index (χ1n) is 8.37. The Labute approximate surface area is 166 Å². The molecule has 0 spiro atoms. The van der Waals surface area contributed by atoms with Crippen LogP contribution in [0.3, 0.4) is 0 Å². The summed E-state index contributed by atoms with van der Waals surface area (Å²) in [6.07, 6.45) is 0.915. The number of halogens is 1. The zero-order chi connectivity index (χ0) is 16.9. The van der Waals surface area contributed by atoms with E-state index in [2.05, 4.69) is 96.5 Å². The number of aromatic nitrogens is 1. The number of hydrogen-bond acceptors (Lipinski definition) is 2. The number of nitrogens with one attached hydrogen (secondary N) is 1. The number of hydrogen-bond donors (Lipinski definition) is 1. The van der Waals surface area contributed by atoms with E-state index in [0.717, 1.165) is 24.4 Å². The SMILES string of the molecule is CC(CC[n+]1c(C)ccc2ccccc21)=NNc1ccc(C)cc1.[I-]. The van der Waals surface area contributed by atoms with Gasteiger partial charge >= 0.3 is 0 Å². The largest absolute Gasteiger partial charge is 1.00 e. The summed E-state index contributed by atoms with van der Waals surface area (Å²) >= 11 is 0. The minimum Gasteiger partial charge on any atom is -1.00 e. The predicted octanol–water partition coefficient (Wildman–Crippen LogP) is 1.63. The molecular formula is C21H24IN3. The Kier molecular flexibility index (Phi) is 6.93. The average molecular weight is 445 g/mol. The van der Waals surface area contributed by atoms with Crippen molar-refractivity contribution in [2.24, 2.45) is 5.10 Å². The Morgan fingerprint density at radius 1 is 0.960 bits per heavy atom. The molecule has 0 saturated heterocycles. The van der Waals surface area contributed by atoms with Gasteiger partial charge in [0.2, 0.25) is 5.52 Å². The smallest absolute Gasteiger partial charge is 0.212 e. The van der Waals surface area contributed by atoms with Crippen molar-refractivity contribution in [3.8, 4) is 0 Å². The molecule has 4 heteroatoms. The number of anilines is 1. The summed E-state index contributed by atoms with van der Waals surface area (Å²) in [5, 5.41) is 5.78. The Balaban J connectivity index is 0.00000225. The predicted molar refractivity (Wildman–Crippen MR) is 101 cm³/mol. The van der Waals surface area contributed by atoms with Crippen LogP contribution in [0.2, 0.25) is 0 Å². The molecule has 0 saturated carbocycles. The number of benzene rings is 2. The molecule has 0 aliphatic heterocycles. The van der Waals surface area contributed by atoms with Crippen molar-refractivity contribution in [2.75, 3.05) is 5.43 Å². The highest BCUT2D eigenvalue weighted by atomic mass is 127. The quantitative estimate of drug-likeness (QED) is 0.275. The van der Waals surface area contributed by atoms with Crippen LogP contribution in [-0.2, 0) is 6.54 Å². The van der Waals surface area contributed by atoms with E-state index in [9.17, 15) is 0 Å². The number of fused-ring (bicyclic) bond motifs is 1. The number of aryl methyl sites for hydroxylation is 3. The van der Waals surface area contributed by atoms with E-state index in [1.165, 1.54) is 22.2 Å². The fourth-order valence-corrected chi connectivity index (χ4v) is 2.78. The normalized spacial score (nSPS) is 11.2. The minimum atomic E-state index is 0. The number of nitrogens with zero attached hydrogens (tertiary/aromatic N) is 2. The zero-order valence-corrected chi connectivity index (χ0v) is 17.1. The third-order valence-electron chi connectivity index (χ3n) is 4.28. The maximum Gasteiger partial charge on any atom is 0.212 e. The van der Waals surface area contributed by atoms with Gasteiger partial charge < -0.3 is 24.0 Å².